The van der Waals surface area contributed by atoms with Gasteiger partial charge in [-0.05, 0) is 32.9 Å². The number of aryl methyl sites for hydroxylation is 1. The number of rotatable bonds is 6. The summed E-state index contributed by atoms with van der Waals surface area (Å²) in [6.45, 7) is 5.37. The van der Waals surface area contributed by atoms with E-state index in [4.69, 9.17) is 16.3 Å². The Kier molecular flexibility index (Phi) is 5.78. The van der Waals surface area contributed by atoms with Crippen LogP contribution in [0.15, 0.2) is 24.3 Å². The van der Waals surface area contributed by atoms with Crippen LogP contribution < -0.4 is 0 Å². The molecule has 4 nitrogen and oxygen atoms in total. The Morgan fingerprint density at radius 3 is 2.46 bits per heavy atom. The van der Waals surface area contributed by atoms with E-state index in [1.165, 1.54) is 7.11 Å². The molecule has 0 spiro atoms. The number of carbonyl (C=O) groups excluding carboxylic acids is 2. The second kappa shape index (κ2) is 7.45. The Morgan fingerprint density at radius 2 is 1.88 bits per heavy atom. The first-order valence-electron chi connectivity index (χ1n) is 7.55. The van der Waals surface area contributed by atoms with Crippen LogP contribution in [-0.2, 0) is 20.7 Å². The normalized spacial score (nSPS) is 11.4. The number of hydrogen-bond donors (Lipinski definition) is 0. The lowest BCUT2D eigenvalue weighted by Crippen LogP contribution is -2.29. The van der Waals surface area contributed by atoms with Crippen molar-refractivity contribution in [3.05, 3.63) is 39.9 Å². The molecule has 0 fully saturated rings. The fraction of sp³-hybridized carbons (Fsp3) is 0.389. The van der Waals surface area contributed by atoms with Crippen LogP contribution in [0.4, 0.5) is 0 Å². The highest BCUT2D eigenvalue weighted by atomic mass is 35.5. The van der Waals surface area contributed by atoms with Crippen LogP contribution in [-0.4, -0.2) is 23.8 Å². The topological polar surface area (TPSA) is 56.3 Å². The molecule has 0 aliphatic carbocycles. The minimum atomic E-state index is -0.825. The molecule has 0 amide bonds. The number of carbonyl (C=O) groups is 2. The first-order valence-corrected chi connectivity index (χ1v) is 8.75. The van der Waals surface area contributed by atoms with E-state index < -0.39 is 5.41 Å². The maximum Gasteiger partial charge on any atom is 0.311 e. The molecule has 0 aliphatic heterocycles. The average molecular weight is 366 g/mol. The fourth-order valence-corrected chi connectivity index (χ4v) is 3.46. The predicted octanol–water partition coefficient (Wildman–Crippen LogP) is 4.47. The first kappa shape index (κ1) is 18.6. The molecule has 0 radical (unpaired) electrons. The van der Waals surface area contributed by atoms with Gasteiger partial charge in [-0.1, -0.05) is 23.7 Å². The summed E-state index contributed by atoms with van der Waals surface area (Å²) in [5.74, 6) is -0.408. The number of aromatic nitrogens is 1. The molecular weight excluding hydrogens is 346 g/mol. The second-order valence-corrected chi connectivity index (χ2v) is 7.94. The Bertz CT molecular complexity index is 750. The summed E-state index contributed by atoms with van der Waals surface area (Å²) in [6.07, 6.45) is 0.350. The summed E-state index contributed by atoms with van der Waals surface area (Å²) < 4.78 is 4.75. The molecule has 0 saturated heterocycles. The third-order valence-electron chi connectivity index (χ3n) is 3.73. The number of methoxy groups -OCH3 is 1. The van der Waals surface area contributed by atoms with E-state index in [2.05, 4.69) is 4.98 Å². The summed E-state index contributed by atoms with van der Waals surface area (Å²) >= 11 is 7.45. The van der Waals surface area contributed by atoms with Crippen molar-refractivity contribution in [3.8, 4) is 10.6 Å². The van der Waals surface area contributed by atoms with Gasteiger partial charge in [-0.15, -0.1) is 11.3 Å². The molecule has 0 N–H and O–H groups in total. The summed E-state index contributed by atoms with van der Waals surface area (Å²) in [5.41, 5.74) is 0.908. The summed E-state index contributed by atoms with van der Waals surface area (Å²) in [4.78, 5) is 29.6. The number of thiazole rings is 1. The van der Waals surface area contributed by atoms with Crippen molar-refractivity contribution in [2.75, 3.05) is 7.11 Å². The van der Waals surface area contributed by atoms with Crippen LogP contribution >= 0.6 is 22.9 Å². The van der Waals surface area contributed by atoms with Crippen molar-refractivity contribution in [1.29, 1.82) is 0 Å². The lowest BCUT2D eigenvalue weighted by atomic mass is 9.86. The van der Waals surface area contributed by atoms with Gasteiger partial charge in [0.05, 0.1) is 18.2 Å². The molecule has 128 valence electrons. The van der Waals surface area contributed by atoms with Crippen LogP contribution in [0.3, 0.4) is 0 Å². The van der Waals surface area contributed by atoms with Gasteiger partial charge in [0.25, 0.3) is 0 Å². The molecule has 1 aromatic carbocycles. The van der Waals surface area contributed by atoms with Crippen molar-refractivity contribution in [3.63, 3.8) is 0 Å². The highest BCUT2D eigenvalue weighted by molar-refractivity contribution is 7.15. The zero-order valence-electron chi connectivity index (χ0n) is 14.2. The summed E-state index contributed by atoms with van der Waals surface area (Å²) in [6, 6.07) is 7.45. The number of Topliss-reactive ketones (excluding diaryl/α,β-unsaturated/α-hetero) is 1. The molecule has 24 heavy (non-hydrogen) atoms. The first-order chi connectivity index (χ1) is 11.2. The van der Waals surface area contributed by atoms with E-state index in [0.29, 0.717) is 5.02 Å². The van der Waals surface area contributed by atoms with E-state index in [9.17, 15) is 9.59 Å². The third kappa shape index (κ3) is 4.42. The van der Waals surface area contributed by atoms with Gasteiger partial charge in [-0.25, -0.2) is 4.98 Å². The van der Waals surface area contributed by atoms with E-state index in [-0.39, 0.29) is 24.6 Å². The molecule has 1 heterocycles. The molecule has 2 rings (SSSR count). The van der Waals surface area contributed by atoms with Crippen molar-refractivity contribution < 1.29 is 14.3 Å². The van der Waals surface area contributed by atoms with Gasteiger partial charge < -0.3 is 4.74 Å². The SMILES string of the molecule is COC(=O)C(C)(C)CC(=O)Cc1nc(-c2ccc(Cl)cc2)sc1C. The smallest absolute Gasteiger partial charge is 0.311 e. The van der Waals surface area contributed by atoms with E-state index >= 15 is 0 Å². The Hall–Kier alpha value is -1.72. The van der Waals surface area contributed by atoms with E-state index in [1.54, 1.807) is 25.2 Å². The molecule has 1 aromatic heterocycles. The Morgan fingerprint density at radius 1 is 1.25 bits per heavy atom. The lowest BCUT2D eigenvalue weighted by molar-refractivity contribution is -0.152. The lowest BCUT2D eigenvalue weighted by Gasteiger charge is -2.20. The van der Waals surface area contributed by atoms with Gasteiger partial charge in [0.1, 0.15) is 10.8 Å². The van der Waals surface area contributed by atoms with Gasteiger partial charge in [0, 0.05) is 28.3 Å². The van der Waals surface area contributed by atoms with Crippen LogP contribution in [0.2, 0.25) is 5.02 Å². The summed E-state index contributed by atoms with van der Waals surface area (Å²) in [5, 5.41) is 1.53. The van der Waals surface area contributed by atoms with Gasteiger partial charge in [0.15, 0.2) is 0 Å². The van der Waals surface area contributed by atoms with Crippen molar-refractivity contribution in [2.24, 2.45) is 5.41 Å². The number of nitrogens with zero attached hydrogens (tertiary/aromatic N) is 1. The van der Waals surface area contributed by atoms with Crippen molar-refractivity contribution in [1.82, 2.24) is 4.98 Å². The minimum Gasteiger partial charge on any atom is -0.469 e. The second-order valence-electron chi connectivity index (χ2n) is 6.30. The van der Waals surface area contributed by atoms with E-state index in [1.807, 2.05) is 31.2 Å². The fourth-order valence-electron chi connectivity index (χ4n) is 2.40. The molecule has 6 heteroatoms. The van der Waals surface area contributed by atoms with Crippen LogP contribution in [0.25, 0.3) is 10.6 Å². The number of ketones is 1. The highest BCUT2D eigenvalue weighted by Crippen LogP contribution is 2.30. The van der Waals surface area contributed by atoms with Crippen LogP contribution in [0.5, 0.6) is 0 Å². The standard InChI is InChI=1S/C18H20ClNO3S/c1-11-15(9-14(21)10-18(2,3)17(22)23-4)20-16(24-11)12-5-7-13(19)8-6-12/h5-8H,9-10H2,1-4H3. The summed E-state index contributed by atoms with van der Waals surface area (Å²) in [7, 11) is 1.33. The predicted molar refractivity (Wildman–Crippen MR) is 96.4 cm³/mol. The zero-order chi connectivity index (χ0) is 17.9. The molecule has 2 aromatic rings. The maximum absolute atomic E-state index is 12.3. The molecule has 0 atom stereocenters. The van der Waals surface area contributed by atoms with E-state index in [0.717, 1.165) is 21.1 Å². The van der Waals surface area contributed by atoms with Crippen LogP contribution in [0.1, 0.15) is 30.8 Å². The number of hydrogen-bond acceptors (Lipinski definition) is 5. The Balaban J connectivity index is 2.12. The molecule has 0 unspecified atom stereocenters. The molecule has 0 aliphatic rings. The van der Waals surface area contributed by atoms with Gasteiger partial charge in [-0.2, -0.15) is 0 Å². The number of benzene rings is 1. The largest absolute Gasteiger partial charge is 0.469 e. The highest BCUT2D eigenvalue weighted by Gasteiger charge is 2.31. The number of halogens is 1. The maximum atomic E-state index is 12.3. The van der Waals surface area contributed by atoms with Gasteiger partial charge in [-0.3, -0.25) is 9.59 Å². The molecule has 0 bridgehead atoms. The zero-order valence-corrected chi connectivity index (χ0v) is 15.8. The van der Waals surface area contributed by atoms with Crippen molar-refractivity contribution >= 4 is 34.7 Å². The van der Waals surface area contributed by atoms with Gasteiger partial charge in [0.2, 0.25) is 0 Å². The van der Waals surface area contributed by atoms with Crippen molar-refractivity contribution in [2.45, 2.75) is 33.6 Å². The monoisotopic (exact) mass is 365 g/mol. The minimum absolute atomic E-state index is 0.0264. The van der Waals surface area contributed by atoms with Gasteiger partial charge >= 0.3 is 5.97 Å². The number of ether oxygens (including phenoxy) is 1. The molecular formula is C18H20ClNO3S. The Labute approximate surface area is 150 Å². The average Bonchev–Trinajstić information content (AvgIpc) is 2.87. The quantitative estimate of drug-likeness (QED) is 0.708. The number of esters is 1. The van der Waals surface area contributed by atoms with Crippen LogP contribution in [0, 0.1) is 12.3 Å². The molecule has 0 saturated carbocycles. The third-order valence-corrected chi connectivity index (χ3v) is 5.04.